The maximum Gasteiger partial charge on any atom is 1.00 e. The first-order valence-electron chi connectivity index (χ1n) is 2.66. The van der Waals surface area contributed by atoms with Gasteiger partial charge in [-0.15, -0.1) is 0 Å². The topological polar surface area (TPSA) is 50.2 Å². The number of halogens is 2. The molecule has 0 radical (unpaired) electrons. The number of aromatic nitrogens is 1. The van der Waals surface area contributed by atoms with E-state index in [1.807, 2.05) is 0 Å². The number of rotatable bonds is 1. The van der Waals surface area contributed by atoms with Gasteiger partial charge in [-0.3, -0.25) is 0 Å². The number of carbonyl (C=O) groups is 1. The van der Waals surface area contributed by atoms with Gasteiger partial charge in [0, 0.05) is 0 Å². The van der Waals surface area contributed by atoms with Gasteiger partial charge in [0.2, 0.25) is 0 Å². The Hall–Kier alpha value is 0.836. The predicted molar refractivity (Wildman–Crippen MR) is 42.3 cm³/mol. The molecule has 0 aliphatic carbocycles. The molecule has 0 aliphatic rings. The van der Waals surface area contributed by atoms with Gasteiger partial charge in [0.1, 0.15) is 5.15 Å². The maximum absolute atomic E-state index is 10.4. The van der Waals surface area contributed by atoms with Crippen LogP contribution < -0.4 is 51.4 Å². The molecular weight excluding hydrogens is 228 g/mol. The molecule has 3 nitrogen and oxygen atoms in total. The van der Waals surface area contributed by atoms with E-state index < -0.39 is 5.97 Å². The summed E-state index contributed by atoms with van der Waals surface area (Å²) in [6.07, 6.45) is 0. The Balaban J connectivity index is 0. The van der Waals surface area contributed by atoms with Crippen LogP contribution in [0.3, 0.4) is 0 Å². The Kier molecular flexibility index (Phi) is 5.93. The fraction of sp³-hybridized carbons (Fsp3) is 0. The second-order valence-electron chi connectivity index (χ2n) is 1.77. The summed E-state index contributed by atoms with van der Waals surface area (Å²) in [6, 6.07) is 2.82. The zero-order valence-corrected chi connectivity index (χ0v) is 10.8. The molecule has 0 amide bonds. The van der Waals surface area contributed by atoms with E-state index in [0.29, 0.717) is 0 Å². The minimum Gasteiger partial charge on any atom is -1.00 e. The third-order valence-corrected chi connectivity index (χ3v) is 1.53. The Labute approximate surface area is 123 Å². The van der Waals surface area contributed by atoms with Crippen LogP contribution in [0.5, 0.6) is 0 Å². The maximum atomic E-state index is 10.4. The van der Waals surface area contributed by atoms with Gasteiger partial charge in [0.15, 0.2) is 5.69 Å². The van der Waals surface area contributed by atoms with Crippen LogP contribution >= 0.6 is 23.2 Å². The molecule has 1 aromatic heterocycles. The molecular formula is C6H4Cl2KNO2. The summed E-state index contributed by atoms with van der Waals surface area (Å²) < 4.78 is 0. The molecule has 0 saturated carbocycles. The number of carboxylic acid groups (broad SMARTS) is 1. The van der Waals surface area contributed by atoms with Crippen LogP contribution in [0.25, 0.3) is 0 Å². The largest absolute Gasteiger partial charge is 1.00 e. The van der Waals surface area contributed by atoms with Crippen LogP contribution in [0.15, 0.2) is 12.1 Å². The fourth-order valence-corrected chi connectivity index (χ4v) is 0.902. The third-order valence-electron chi connectivity index (χ3n) is 1.01. The van der Waals surface area contributed by atoms with E-state index in [1.54, 1.807) is 0 Å². The zero-order valence-electron chi connectivity index (χ0n) is 7.21. The molecule has 6 heteroatoms. The van der Waals surface area contributed by atoms with E-state index in [4.69, 9.17) is 28.3 Å². The summed E-state index contributed by atoms with van der Waals surface area (Å²) in [5.41, 5.74) is -0.223. The molecule has 12 heavy (non-hydrogen) atoms. The molecule has 0 aromatic carbocycles. The number of aromatic carboxylic acids is 1. The van der Waals surface area contributed by atoms with E-state index >= 15 is 0 Å². The normalized spacial score (nSPS) is 8.83. The number of nitrogens with zero attached hydrogens (tertiary/aromatic N) is 1. The summed E-state index contributed by atoms with van der Waals surface area (Å²) in [5, 5.41) is 8.69. The average molecular weight is 232 g/mol. The molecule has 0 spiro atoms. The molecule has 0 unspecified atom stereocenters. The zero-order chi connectivity index (χ0) is 8.43. The standard InChI is InChI=1S/C6H3Cl2NO2.K.H/c7-3-1-2-4(8)9-5(3)6(10)11;;/h1-2H,(H,10,11);;/q;+1;-1. The molecule has 0 aliphatic heterocycles. The molecule has 1 heterocycles. The monoisotopic (exact) mass is 231 g/mol. The minimum absolute atomic E-state index is 0. The number of carboxylic acids is 1. The summed E-state index contributed by atoms with van der Waals surface area (Å²) >= 11 is 10.9. The number of hydrogen-bond donors (Lipinski definition) is 1. The molecule has 1 N–H and O–H groups in total. The van der Waals surface area contributed by atoms with Gasteiger partial charge in [0.25, 0.3) is 0 Å². The van der Waals surface area contributed by atoms with Crippen LogP contribution in [-0.4, -0.2) is 16.1 Å². The smallest absolute Gasteiger partial charge is 1.00 e. The fourth-order valence-electron chi connectivity index (χ4n) is 0.568. The Morgan fingerprint density at radius 2 is 2.08 bits per heavy atom. The van der Waals surface area contributed by atoms with Crippen molar-refractivity contribution in [1.29, 1.82) is 0 Å². The van der Waals surface area contributed by atoms with Crippen molar-refractivity contribution in [3.05, 3.63) is 28.0 Å². The van der Waals surface area contributed by atoms with Crippen molar-refractivity contribution in [2.24, 2.45) is 0 Å². The van der Waals surface area contributed by atoms with Crippen LogP contribution in [0.4, 0.5) is 0 Å². The van der Waals surface area contributed by atoms with Gasteiger partial charge in [-0.1, -0.05) is 23.2 Å². The molecule has 0 fully saturated rings. The first-order chi connectivity index (χ1) is 5.11. The van der Waals surface area contributed by atoms with E-state index in [9.17, 15) is 4.79 Å². The summed E-state index contributed by atoms with van der Waals surface area (Å²) in [4.78, 5) is 13.9. The van der Waals surface area contributed by atoms with Crippen molar-refractivity contribution < 1.29 is 62.7 Å². The Morgan fingerprint density at radius 3 is 2.50 bits per heavy atom. The van der Waals surface area contributed by atoms with Crippen molar-refractivity contribution >= 4 is 29.2 Å². The van der Waals surface area contributed by atoms with Gasteiger partial charge in [-0.05, 0) is 12.1 Å². The summed E-state index contributed by atoms with van der Waals surface area (Å²) in [6.45, 7) is 0. The van der Waals surface area contributed by atoms with E-state index in [-0.39, 0.29) is 68.7 Å². The number of pyridine rings is 1. The molecule has 1 rings (SSSR count). The van der Waals surface area contributed by atoms with Crippen molar-refractivity contribution in [2.45, 2.75) is 0 Å². The van der Waals surface area contributed by atoms with Crippen LogP contribution in [0.1, 0.15) is 11.9 Å². The second-order valence-corrected chi connectivity index (χ2v) is 2.56. The average Bonchev–Trinajstić information content (AvgIpc) is 1.94. The first-order valence-corrected chi connectivity index (χ1v) is 3.42. The predicted octanol–water partition coefficient (Wildman–Crippen LogP) is -0.797. The molecule has 0 bridgehead atoms. The van der Waals surface area contributed by atoms with Gasteiger partial charge in [0.05, 0.1) is 5.02 Å². The Morgan fingerprint density at radius 1 is 1.50 bits per heavy atom. The van der Waals surface area contributed by atoms with Gasteiger partial charge in [-0.2, -0.15) is 0 Å². The number of hydrogen-bond acceptors (Lipinski definition) is 2. The van der Waals surface area contributed by atoms with Gasteiger partial charge >= 0.3 is 57.4 Å². The van der Waals surface area contributed by atoms with E-state index in [0.717, 1.165) is 0 Å². The van der Waals surface area contributed by atoms with Crippen LogP contribution in [-0.2, 0) is 0 Å². The summed E-state index contributed by atoms with van der Waals surface area (Å²) in [7, 11) is 0. The first kappa shape index (κ1) is 12.8. The molecule has 1 aromatic rings. The van der Waals surface area contributed by atoms with E-state index in [2.05, 4.69) is 4.98 Å². The van der Waals surface area contributed by atoms with Crippen molar-refractivity contribution in [2.75, 3.05) is 0 Å². The SMILES string of the molecule is O=C(O)c1nc(Cl)ccc1Cl.[H-].[K+]. The third kappa shape index (κ3) is 3.30. The van der Waals surface area contributed by atoms with Gasteiger partial charge < -0.3 is 6.53 Å². The second kappa shape index (κ2) is 5.54. The quantitative estimate of drug-likeness (QED) is 0.509. The molecule has 60 valence electrons. The van der Waals surface area contributed by atoms with Crippen molar-refractivity contribution in [3.63, 3.8) is 0 Å². The van der Waals surface area contributed by atoms with Crippen LogP contribution in [0, 0.1) is 0 Å². The van der Waals surface area contributed by atoms with Crippen molar-refractivity contribution in [3.8, 4) is 0 Å². The molecule has 0 saturated heterocycles. The Bertz CT molecular complexity index is 311. The minimum atomic E-state index is -1.18. The van der Waals surface area contributed by atoms with Crippen molar-refractivity contribution in [1.82, 2.24) is 4.98 Å². The van der Waals surface area contributed by atoms with E-state index in [1.165, 1.54) is 12.1 Å². The van der Waals surface area contributed by atoms with Crippen LogP contribution in [0.2, 0.25) is 10.2 Å². The summed E-state index contributed by atoms with van der Waals surface area (Å²) in [5.74, 6) is -1.18. The van der Waals surface area contributed by atoms with Gasteiger partial charge in [-0.25, -0.2) is 9.78 Å². The molecule has 0 atom stereocenters.